The molecule has 4 heterocycles. The number of nitrogens with zero attached hydrogens (tertiary/aromatic N) is 6. The van der Waals surface area contributed by atoms with Crippen LogP contribution < -0.4 is 15.0 Å². The van der Waals surface area contributed by atoms with E-state index in [4.69, 9.17) is 9.47 Å². The SMILES string of the molecule is COc1nc(F)c(N2CCOCC2)c2sc(NC(=O)c3ccc(-c4nnn[nH]4)cc3)nc12. The second-order valence-electron chi connectivity index (χ2n) is 6.84. The third-order valence-corrected chi connectivity index (χ3v) is 5.92. The highest BCUT2D eigenvalue weighted by Gasteiger charge is 2.25. The van der Waals surface area contributed by atoms with Crippen LogP contribution in [0, 0.1) is 5.95 Å². The summed E-state index contributed by atoms with van der Waals surface area (Å²) < 4.78 is 26.0. The third-order valence-electron chi connectivity index (χ3n) is 4.95. The molecule has 13 heteroatoms. The molecule has 0 spiro atoms. The number of halogens is 1. The van der Waals surface area contributed by atoms with Gasteiger partial charge in [0.15, 0.2) is 11.0 Å². The first kappa shape index (κ1) is 20.2. The van der Waals surface area contributed by atoms with Gasteiger partial charge in [0.2, 0.25) is 11.8 Å². The summed E-state index contributed by atoms with van der Waals surface area (Å²) in [6, 6.07) is 6.77. The van der Waals surface area contributed by atoms with Gasteiger partial charge in [0, 0.05) is 24.2 Å². The van der Waals surface area contributed by atoms with Gasteiger partial charge >= 0.3 is 0 Å². The normalized spacial score (nSPS) is 14.0. The van der Waals surface area contributed by atoms with E-state index in [1.165, 1.54) is 18.4 Å². The van der Waals surface area contributed by atoms with Crippen LogP contribution in [0.1, 0.15) is 10.4 Å². The number of morpholine rings is 1. The molecule has 0 aliphatic carbocycles. The number of benzene rings is 1. The number of rotatable bonds is 5. The van der Waals surface area contributed by atoms with Crippen molar-refractivity contribution >= 4 is 38.3 Å². The Bertz CT molecular complexity index is 1260. The Labute approximate surface area is 184 Å². The predicted octanol–water partition coefficient (Wildman–Crippen LogP) is 2.11. The van der Waals surface area contributed by atoms with Crippen LogP contribution in [0.2, 0.25) is 0 Å². The van der Waals surface area contributed by atoms with Crippen molar-refractivity contribution in [2.75, 3.05) is 43.6 Å². The van der Waals surface area contributed by atoms with Crippen molar-refractivity contribution < 1.29 is 18.7 Å². The fourth-order valence-electron chi connectivity index (χ4n) is 3.40. The summed E-state index contributed by atoms with van der Waals surface area (Å²) in [7, 11) is 1.40. The van der Waals surface area contributed by atoms with E-state index in [-0.39, 0.29) is 11.8 Å². The van der Waals surface area contributed by atoms with Crippen LogP contribution in [-0.2, 0) is 4.74 Å². The molecule has 3 aromatic heterocycles. The van der Waals surface area contributed by atoms with Gasteiger partial charge in [0.1, 0.15) is 11.2 Å². The minimum absolute atomic E-state index is 0.0660. The average molecular weight is 456 g/mol. The number of H-pyrrole nitrogens is 1. The van der Waals surface area contributed by atoms with E-state index in [2.05, 4.69) is 35.9 Å². The van der Waals surface area contributed by atoms with Crippen LogP contribution in [0.4, 0.5) is 15.2 Å². The monoisotopic (exact) mass is 456 g/mol. The molecule has 2 N–H and O–H groups in total. The van der Waals surface area contributed by atoms with Gasteiger partial charge in [-0.2, -0.15) is 9.37 Å². The quantitative estimate of drug-likeness (QED) is 0.434. The van der Waals surface area contributed by atoms with Crippen molar-refractivity contribution in [1.82, 2.24) is 30.6 Å². The molecule has 4 aromatic rings. The molecule has 1 aliphatic heterocycles. The molecular formula is C19H17FN8O3S. The number of anilines is 2. The van der Waals surface area contributed by atoms with Crippen molar-refractivity contribution in [3.8, 4) is 17.3 Å². The summed E-state index contributed by atoms with van der Waals surface area (Å²) in [6.07, 6.45) is 0. The number of hydrogen-bond donors (Lipinski definition) is 2. The van der Waals surface area contributed by atoms with E-state index >= 15 is 0 Å². The van der Waals surface area contributed by atoms with E-state index in [0.29, 0.717) is 58.7 Å². The summed E-state index contributed by atoms with van der Waals surface area (Å²) in [6.45, 7) is 2.06. The maximum atomic E-state index is 14.8. The van der Waals surface area contributed by atoms with Gasteiger partial charge in [-0.25, -0.2) is 10.1 Å². The molecule has 0 radical (unpaired) electrons. The first-order valence-electron chi connectivity index (χ1n) is 9.66. The first-order valence-corrected chi connectivity index (χ1v) is 10.5. The van der Waals surface area contributed by atoms with Crippen LogP contribution in [0.25, 0.3) is 21.6 Å². The van der Waals surface area contributed by atoms with Crippen LogP contribution in [0.5, 0.6) is 5.88 Å². The van der Waals surface area contributed by atoms with E-state index in [1.54, 1.807) is 24.3 Å². The Kier molecular flexibility index (Phi) is 5.33. The Morgan fingerprint density at radius 3 is 2.72 bits per heavy atom. The maximum Gasteiger partial charge on any atom is 0.257 e. The van der Waals surface area contributed by atoms with Gasteiger partial charge in [-0.3, -0.25) is 10.1 Å². The molecule has 1 fully saturated rings. The van der Waals surface area contributed by atoms with Crippen LogP contribution in [-0.4, -0.2) is 69.9 Å². The molecule has 0 atom stereocenters. The van der Waals surface area contributed by atoms with Gasteiger partial charge in [-0.15, -0.1) is 5.10 Å². The smallest absolute Gasteiger partial charge is 0.257 e. The van der Waals surface area contributed by atoms with Crippen molar-refractivity contribution in [1.29, 1.82) is 0 Å². The minimum Gasteiger partial charge on any atom is -0.479 e. The standard InChI is InChI=1S/C19H17FN8O3S/c1-30-18-12-14(13(15(20)22-18)28-6-8-31-9-7-28)32-19(21-12)23-17(29)11-4-2-10(3-5-11)16-24-26-27-25-16/h2-5H,6-9H2,1H3,(H,21,23,29)(H,24,25,26,27). The minimum atomic E-state index is -0.643. The molecule has 1 aliphatic rings. The second kappa shape index (κ2) is 8.43. The highest BCUT2D eigenvalue weighted by molar-refractivity contribution is 7.23. The summed E-state index contributed by atoms with van der Waals surface area (Å²) in [4.78, 5) is 23.0. The van der Waals surface area contributed by atoms with E-state index in [9.17, 15) is 9.18 Å². The lowest BCUT2D eigenvalue weighted by Crippen LogP contribution is -2.37. The second-order valence-corrected chi connectivity index (χ2v) is 7.84. The van der Waals surface area contributed by atoms with Crippen LogP contribution >= 0.6 is 11.3 Å². The molecule has 1 amide bonds. The molecule has 164 valence electrons. The number of methoxy groups -OCH3 is 1. The topological polar surface area (TPSA) is 131 Å². The molecule has 32 heavy (non-hydrogen) atoms. The molecule has 1 aromatic carbocycles. The molecule has 0 saturated carbocycles. The van der Waals surface area contributed by atoms with Gasteiger partial charge in [0.05, 0.1) is 25.0 Å². The number of nitrogens with one attached hydrogen (secondary N) is 2. The van der Waals surface area contributed by atoms with Crippen molar-refractivity contribution in [2.24, 2.45) is 0 Å². The Hall–Kier alpha value is -3.71. The van der Waals surface area contributed by atoms with Crippen molar-refractivity contribution in [2.45, 2.75) is 0 Å². The number of aromatic amines is 1. The lowest BCUT2D eigenvalue weighted by molar-refractivity contribution is 0.102. The predicted molar refractivity (Wildman–Crippen MR) is 115 cm³/mol. The van der Waals surface area contributed by atoms with Gasteiger partial charge in [-0.1, -0.05) is 23.5 Å². The van der Waals surface area contributed by atoms with Crippen molar-refractivity contribution in [3.63, 3.8) is 0 Å². The van der Waals surface area contributed by atoms with Gasteiger partial charge < -0.3 is 14.4 Å². The highest BCUT2D eigenvalue weighted by Crippen LogP contribution is 2.40. The Morgan fingerprint density at radius 1 is 1.25 bits per heavy atom. The zero-order chi connectivity index (χ0) is 22.1. The van der Waals surface area contributed by atoms with Crippen LogP contribution in [0.3, 0.4) is 0 Å². The number of pyridine rings is 1. The van der Waals surface area contributed by atoms with E-state index < -0.39 is 5.95 Å². The lowest BCUT2D eigenvalue weighted by atomic mass is 10.1. The van der Waals surface area contributed by atoms with Gasteiger partial charge in [-0.05, 0) is 22.6 Å². The molecule has 0 unspecified atom stereocenters. The number of carbonyl (C=O) groups is 1. The first-order chi connectivity index (χ1) is 15.6. The summed E-state index contributed by atoms with van der Waals surface area (Å²) >= 11 is 1.17. The third kappa shape index (κ3) is 3.71. The van der Waals surface area contributed by atoms with Crippen LogP contribution in [0.15, 0.2) is 24.3 Å². The zero-order valence-corrected chi connectivity index (χ0v) is 17.6. The number of amides is 1. The number of aromatic nitrogens is 6. The summed E-state index contributed by atoms with van der Waals surface area (Å²) in [5, 5.41) is 16.7. The fraction of sp³-hybridized carbons (Fsp3) is 0.263. The maximum absolute atomic E-state index is 14.8. The number of hydrogen-bond acceptors (Lipinski definition) is 10. The number of carbonyl (C=O) groups excluding carboxylic acids is 1. The molecule has 0 bridgehead atoms. The largest absolute Gasteiger partial charge is 0.479 e. The summed E-state index contributed by atoms with van der Waals surface area (Å²) in [5.41, 5.74) is 1.90. The van der Waals surface area contributed by atoms with E-state index in [0.717, 1.165) is 5.56 Å². The molecule has 1 saturated heterocycles. The number of thiazole rings is 1. The Morgan fingerprint density at radius 2 is 2.03 bits per heavy atom. The zero-order valence-electron chi connectivity index (χ0n) is 16.8. The molecular weight excluding hydrogens is 439 g/mol. The molecule has 5 rings (SSSR count). The summed E-state index contributed by atoms with van der Waals surface area (Å²) in [5.74, 6) is -0.432. The highest BCUT2D eigenvalue weighted by atomic mass is 32.1. The lowest BCUT2D eigenvalue weighted by Gasteiger charge is -2.29. The van der Waals surface area contributed by atoms with Gasteiger partial charge in [0.25, 0.3) is 5.91 Å². The fourth-order valence-corrected chi connectivity index (χ4v) is 4.41. The molecule has 11 nitrogen and oxygen atoms in total. The van der Waals surface area contributed by atoms with Crippen molar-refractivity contribution in [3.05, 3.63) is 35.8 Å². The average Bonchev–Trinajstić information content (AvgIpc) is 3.49. The van der Waals surface area contributed by atoms with E-state index in [1.807, 2.05) is 4.90 Å². The number of fused-ring (bicyclic) bond motifs is 1. The Balaban J connectivity index is 1.44. The number of ether oxygens (including phenoxy) is 2. The number of tetrazole rings is 1.